The van der Waals surface area contributed by atoms with Gasteiger partial charge in [-0.1, -0.05) is 60.7 Å². The molecule has 1 heterocycles. The van der Waals surface area contributed by atoms with Gasteiger partial charge in [-0.25, -0.2) is 4.79 Å². The van der Waals surface area contributed by atoms with Crippen molar-refractivity contribution in [2.75, 3.05) is 0 Å². The molecule has 0 aliphatic carbocycles. The molecule has 0 amide bonds. The molecule has 5 nitrogen and oxygen atoms in total. The van der Waals surface area contributed by atoms with Crippen molar-refractivity contribution < 1.29 is 24.9 Å². The van der Waals surface area contributed by atoms with Crippen LogP contribution in [0.3, 0.4) is 0 Å². The molecule has 0 bridgehead atoms. The molecule has 0 fully saturated rings. The number of cyclic esters (lactones) is 1. The summed E-state index contributed by atoms with van der Waals surface area (Å²) < 4.78 is 5.10. The number of rotatable bonds is 11. The fourth-order valence-electron chi connectivity index (χ4n) is 3.05. The zero-order valence-electron chi connectivity index (χ0n) is 16.1. The molecule has 1 aromatic carbocycles. The maximum Gasteiger partial charge on any atom is 0.330 e. The van der Waals surface area contributed by atoms with E-state index in [0.717, 1.165) is 12.0 Å². The average molecular weight is 386 g/mol. The lowest BCUT2D eigenvalue weighted by atomic mass is 10.0. The van der Waals surface area contributed by atoms with Crippen molar-refractivity contribution in [3.63, 3.8) is 0 Å². The third-order valence-electron chi connectivity index (χ3n) is 4.53. The first-order valence-corrected chi connectivity index (χ1v) is 9.82. The Kier molecular flexibility index (Phi) is 9.69. The quantitative estimate of drug-likeness (QED) is 0.402. The summed E-state index contributed by atoms with van der Waals surface area (Å²) in [5.74, 6) is -0.379. The van der Waals surface area contributed by atoms with Gasteiger partial charge in [-0.15, -0.1) is 0 Å². The molecule has 1 aliphatic heterocycles. The van der Waals surface area contributed by atoms with Crippen LogP contribution in [0, 0.1) is 0 Å². The molecule has 4 atom stereocenters. The Balaban J connectivity index is 1.59. The third kappa shape index (κ3) is 9.13. The van der Waals surface area contributed by atoms with Crippen LogP contribution in [-0.4, -0.2) is 45.7 Å². The molecular weight excluding hydrogens is 356 g/mol. The van der Waals surface area contributed by atoms with Crippen LogP contribution in [0.25, 0.3) is 6.08 Å². The minimum atomic E-state index is -0.732. The Morgan fingerprint density at radius 3 is 2.64 bits per heavy atom. The predicted molar refractivity (Wildman–Crippen MR) is 109 cm³/mol. The number of allylic oxidation sites excluding steroid dienone is 1. The van der Waals surface area contributed by atoms with E-state index in [-0.39, 0.29) is 12.1 Å². The first-order valence-electron chi connectivity index (χ1n) is 9.82. The maximum absolute atomic E-state index is 11.2. The second-order valence-corrected chi connectivity index (χ2v) is 7.10. The van der Waals surface area contributed by atoms with E-state index in [1.54, 1.807) is 18.2 Å². The maximum atomic E-state index is 11.2. The predicted octanol–water partition coefficient (Wildman–Crippen LogP) is 3.16. The highest BCUT2D eigenvalue weighted by atomic mass is 16.5. The zero-order valence-corrected chi connectivity index (χ0v) is 16.1. The molecule has 0 radical (unpaired) electrons. The summed E-state index contributed by atoms with van der Waals surface area (Å²) >= 11 is 0. The normalized spacial score (nSPS) is 20.4. The summed E-state index contributed by atoms with van der Waals surface area (Å²) in [7, 11) is 0. The molecule has 0 saturated heterocycles. The second-order valence-electron chi connectivity index (χ2n) is 7.10. The van der Waals surface area contributed by atoms with Crippen LogP contribution in [-0.2, 0) is 9.53 Å². The smallest absolute Gasteiger partial charge is 0.330 e. The molecule has 0 aromatic heterocycles. The van der Waals surface area contributed by atoms with E-state index in [1.165, 1.54) is 6.08 Å². The number of hydrogen-bond donors (Lipinski definition) is 3. The van der Waals surface area contributed by atoms with Crippen LogP contribution >= 0.6 is 0 Å². The van der Waals surface area contributed by atoms with Crippen LogP contribution < -0.4 is 0 Å². The van der Waals surface area contributed by atoms with E-state index in [0.29, 0.717) is 32.1 Å². The first-order chi connectivity index (χ1) is 13.5. The molecule has 5 heteroatoms. The number of aliphatic hydroxyl groups excluding tert-OH is 3. The Morgan fingerprint density at radius 1 is 1.11 bits per heavy atom. The molecule has 3 N–H and O–H groups in total. The Morgan fingerprint density at radius 2 is 1.89 bits per heavy atom. The number of aliphatic hydroxyl groups is 3. The fourth-order valence-corrected chi connectivity index (χ4v) is 3.05. The van der Waals surface area contributed by atoms with Crippen molar-refractivity contribution in [2.24, 2.45) is 0 Å². The Labute approximate surface area is 166 Å². The van der Waals surface area contributed by atoms with Gasteiger partial charge in [-0.2, -0.15) is 0 Å². The minimum Gasteiger partial charge on any atom is -0.459 e. The third-order valence-corrected chi connectivity index (χ3v) is 4.53. The summed E-state index contributed by atoms with van der Waals surface area (Å²) in [6.07, 6.45) is 11.1. The largest absolute Gasteiger partial charge is 0.459 e. The first kappa shape index (κ1) is 22.1. The van der Waals surface area contributed by atoms with Crippen molar-refractivity contribution in [3.05, 3.63) is 66.3 Å². The van der Waals surface area contributed by atoms with E-state index >= 15 is 0 Å². The molecule has 2 rings (SSSR count). The summed E-state index contributed by atoms with van der Waals surface area (Å²) in [4.78, 5) is 11.2. The molecule has 152 valence electrons. The number of hydrogen-bond acceptors (Lipinski definition) is 5. The minimum absolute atomic E-state index is 0.296. The molecule has 1 aliphatic rings. The van der Waals surface area contributed by atoms with Crippen molar-refractivity contribution in [2.45, 2.75) is 62.9 Å². The second kappa shape index (κ2) is 12.3. The van der Waals surface area contributed by atoms with Gasteiger partial charge in [0, 0.05) is 18.9 Å². The SMILES string of the molecule is O=C1C=CC[C@H](CC(O)/C=C/C[C@H](O)C[C@@H](O)CC/C=C/c2ccccc2)O1. The van der Waals surface area contributed by atoms with Gasteiger partial charge in [0.2, 0.25) is 0 Å². The van der Waals surface area contributed by atoms with Crippen LogP contribution in [0.15, 0.2) is 60.7 Å². The van der Waals surface area contributed by atoms with Crippen LogP contribution in [0.2, 0.25) is 0 Å². The highest BCUT2D eigenvalue weighted by Gasteiger charge is 2.18. The lowest BCUT2D eigenvalue weighted by Crippen LogP contribution is -2.24. The highest BCUT2D eigenvalue weighted by molar-refractivity contribution is 5.82. The Bertz CT molecular complexity index is 665. The molecule has 0 saturated carbocycles. The van der Waals surface area contributed by atoms with Crippen LogP contribution in [0.4, 0.5) is 0 Å². The molecule has 1 unspecified atom stereocenters. The van der Waals surface area contributed by atoms with Gasteiger partial charge < -0.3 is 20.1 Å². The van der Waals surface area contributed by atoms with Gasteiger partial charge in [0.1, 0.15) is 6.10 Å². The number of ether oxygens (including phenoxy) is 1. The number of benzene rings is 1. The highest BCUT2D eigenvalue weighted by Crippen LogP contribution is 2.15. The molecule has 1 aromatic rings. The molecule has 28 heavy (non-hydrogen) atoms. The summed E-state index contributed by atoms with van der Waals surface area (Å²) in [5.41, 5.74) is 1.12. The number of carbonyl (C=O) groups excluding carboxylic acids is 1. The lowest BCUT2D eigenvalue weighted by Gasteiger charge is -2.20. The molecule has 0 spiro atoms. The number of esters is 1. The van der Waals surface area contributed by atoms with E-state index in [4.69, 9.17) is 4.74 Å². The topological polar surface area (TPSA) is 87.0 Å². The Hall–Kier alpha value is -2.21. The standard InChI is InChI=1S/C23H30O5/c24-19(11-5-4-10-18-8-2-1-3-9-18)16-20(25)12-6-13-21(26)17-22-14-7-15-23(27)28-22/h1-4,6-10,13,15,19-22,24-26H,5,11-12,14,16-17H2/b10-4+,13-6+/t19-,20-,21?,22+/m0/s1. The average Bonchev–Trinajstić information content (AvgIpc) is 2.66. The van der Waals surface area contributed by atoms with Gasteiger partial charge in [-0.3, -0.25) is 0 Å². The van der Waals surface area contributed by atoms with Gasteiger partial charge in [0.05, 0.1) is 18.3 Å². The number of carbonyl (C=O) groups is 1. The van der Waals surface area contributed by atoms with Crippen molar-refractivity contribution in [1.29, 1.82) is 0 Å². The van der Waals surface area contributed by atoms with E-state index in [9.17, 15) is 20.1 Å². The van der Waals surface area contributed by atoms with Crippen molar-refractivity contribution >= 4 is 12.0 Å². The van der Waals surface area contributed by atoms with Crippen molar-refractivity contribution in [1.82, 2.24) is 0 Å². The van der Waals surface area contributed by atoms with E-state index < -0.39 is 18.3 Å². The fraction of sp³-hybridized carbons (Fsp3) is 0.435. The lowest BCUT2D eigenvalue weighted by molar-refractivity contribution is -0.145. The van der Waals surface area contributed by atoms with Crippen molar-refractivity contribution in [3.8, 4) is 0 Å². The van der Waals surface area contributed by atoms with Crippen LogP contribution in [0.5, 0.6) is 0 Å². The summed E-state index contributed by atoms with van der Waals surface area (Å²) in [6, 6.07) is 9.97. The van der Waals surface area contributed by atoms with Crippen LogP contribution in [0.1, 0.15) is 44.1 Å². The molecular formula is C23H30O5. The van der Waals surface area contributed by atoms with Gasteiger partial charge >= 0.3 is 5.97 Å². The van der Waals surface area contributed by atoms with Gasteiger partial charge in [0.15, 0.2) is 0 Å². The monoisotopic (exact) mass is 386 g/mol. The summed E-state index contributed by atoms with van der Waals surface area (Å²) in [6.45, 7) is 0. The van der Waals surface area contributed by atoms with Gasteiger partial charge in [0.25, 0.3) is 0 Å². The zero-order chi connectivity index (χ0) is 20.2. The summed E-state index contributed by atoms with van der Waals surface area (Å²) in [5, 5.41) is 30.1. The van der Waals surface area contributed by atoms with E-state index in [2.05, 4.69) is 0 Å². The van der Waals surface area contributed by atoms with E-state index in [1.807, 2.05) is 42.5 Å². The van der Waals surface area contributed by atoms with Gasteiger partial charge in [-0.05, 0) is 31.2 Å².